The van der Waals surface area contributed by atoms with Crippen molar-refractivity contribution >= 4 is 53.0 Å². The quantitative estimate of drug-likeness (QED) is 0.762. The molecule has 0 saturated carbocycles. The van der Waals surface area contributed by atoms with Crippen LogP contribution in [0.4, 0.5) is 11.4 Å². The number of hydrogen-bond donors (Lipinski definition) is 2. The number of pyridine rings is 1. The van der Waals surface area contributed by atoms with E-state index in [2.05, 4.69) is 10.3 Å². The zero-order chi connectivity index (χ0) is 13.9. The number of rotatable bonds is 3. The number of aromatic nitrogens is 1. The number of nitrogens with two attached hydrogens (primary N) is 1. The van der Waals surface area contributed by atoms with Gasteiger partial charge in [0.25, 0.3) is 5.91 Å². The summed E-state index contributed by atoms with van der Waals surface area (Å²) in [6.45, 7) is 0. The number of para-hydroxylation sites is 2. The monoisotopic (exact) mass is 335 g/mol. The summed E-state index contributed by atoms with van der Waals surface area (Å²) < 4.78 is 0. The molecule has 3 rings (SSSR count). The van der Waals surface area contributed by atoms with E-state index in [4.69, 9.17) is 5.73 Å². The fourth-order valence-electron chi connectivity index (χ4n) is 2.16. The van der Waals surface area contributed by atoms with Crippen LogP contribution in [0.3, 0.4) is 0 Å². The maximum Gasteiger partial charge on any atom is 0.250 e. The molecule has 114 valence electrons. The maximum atomic E-state index is 11.4. The van der Waals surface area contributed by atoms with Crippen molar-refractivity contribution in [1.82, 2.24) is 4.98 Å². The molecule has 3 aromatic rings. The van der Waals surface area contributed by atoms with Gasteiger partial charge in [-0.1, -0.05) is 30.3 Å². The van der Waals surface area contributed by atoms with Gasteiger partial charge in [0.1, 0.15) is 0 Å². The van der Waals surface area contributed by atoms with E-state index in [1.807, 2.05) is 42.5 Å². The Morgan fingerprint density at radius 3 is 2.36 bits per heavy atom. The lowest BCUT2D eigenvalue weighted by Gasteiger charge is -2.11. The predicted octanol–water partition coefficient (Wildman–Crippen LogP) is 3.92. The van der Waals surface area contributed by atoms with Gasteiger partial charge in [-0.15, -0.1) is 24.8 Å². The summed E-state index contributed by atoms with van der Waals surface area (Å²) in [7, 11) is 0. The van der Waals surface area contributed by atoms with E-state index in [1.165, 1.54) is 0 Å². The predicted molar refractivity (Wildman–Crippen MR) is 94.5 cm³/mol. The third kappa shape index (κ3) is 3.47. The van der Waals surface area contributed by atoms with Gasteiger partial charge in [0.2, 0.25) is 0 Å². The van der Waals surface area contributed by atoms with Crippen LogP contribution < -0.4 is 11.1 Å². The normalized spacial score (nSPS) is 9.45. The first-order valence-corrected chi connectivity index (χ1v) is 6.25. The summed E-state index contributed by atoms with van der Waals surface area (Å²) >= 11 is 0. The molecule has 2 aromatic carbocycles. The van der Waals surface area contributed by atoms with Gasteiger partial charge in [0.05, 0.1) is 16.8 Å². The Balaban J connectivity index is 0.00000121. The minimum Gasteiger partial charge on any atom is -0.366 e. The summed E-state index contributed by atoms with van der Waals surface area (Å²) in [4.78, 5) is 15.8. The van der Waals surface area contributed by atoms with Crippen LogP contribution in [0.15, 0.2) is 60.8 Å². The van der Waals surface area contributed by atoms with Gasteiger partial charge in [-0.25, -0.2) is 0 Å². The number of amides is 1. The van der Waals surface area contributed by atoms with E-state index in [0.717, 1.165) is 16.6 Å². The first-order chi connectivity index (χ1) is 9.75. The van der Waals surface area contributed by atoms with Crippen molar-refractivity contribution in [2.45, 2.75) is 0 Å². The molecular formula is C16H15Cl2N3O. The number of carbonyl (C=O) groups excluding carboxylic acids is 1. The highest BCUT2D eigenvalue weighted by Crippen LogP contribution is 2.26. The van der Waals surface area contributed by atoms with Gasteiger partial charge in [-0.2, -0.15) is 0 Å². The lowest BCUT2D eigenvalue weighted by Crippen LogP contribution is -2.13. The van der Waals surface area contributed by atoms with Crippen molar-refractivity contribution in [3.8, 4) is 0 Å². The van der Waals surface area contributed by atoms with E-state index in [9.17, 15) is 4.79 Å². The summed E-state index contributed by atoms with van der Waals surface area (Å²) in [6.07, 6.45) is 1.73. The number of anilines is 2. The average Bonchev–Trinajstić information content (AvgIpc) is 2.48. The number of hydrogen-bond acceptors (Lipinski definition) is 3. The van der Waals surface area contributed by atoms with Crippen molar-refractivity contribution in [1.29, 1.82) is 0 Å². The van der Waals surface area contributed by atoms with Crippen molar-refractivity contribution < 1.29 is 4.79 Å². The van der Waals surface area contributed by atoms with Crippen LogP contribution in [0.2, 0.25) is 0 Å². The molecule has 1 heterocycles. The van der Waals surface area contributed by atoms with Crippen molar-refractivity contribution in [2.75, 3.05) is 5.32 Å². The Bertz CT molecular complexity index is 788. The number of nitrogens with zero attached hydrogens (tertiary/aromatic N) is 1. The largest absolute Gasteiger partial charge is 0.366 e. The number of halogens is 2. The molecule has 0 fully saturated rings. The molecule has 0 saturated heterocycles. The van der Waals surface area contributed by atoms with Gasteiger partial charge >= 0.3 is 0 Å². The second-order valence-electron chi connectivity index (χ2n) is 4.41. The first kappa shape index (κ1) is 17.8. The fraction of sp³-hybridized carbons (Fsp3) is 0. The number of benzene rings is 2. The third-order valence-electron chi connectivity index (χ3n) is 3.11. The molecule has 22 heavy (non-hydrogen) atoms. The molecule has 3 N–H and O–H groups in total. The summed E-state index contributed by atoms with van der Waals surface area (Å²) in [6, 6.07) is 16.9. The molecule has 0 atom stereocenters. The minimum atomic E-state index is -0.452. The molecule has 0 unspecified atom stereocenters. The van der Waals surface area contributed by atoms with Crippen LogP contribution in [-0.4, -0.2) is 10.9 Å². The van der Waals surface area contributed by atoms with E-state index < -0.39 is 5.91 Å². The lowest BCUT2D eigenvalue weighted by atomic mass is 10.1. The van der Waals surface area contributed by atoms with E-state index in [-0.39, 0.29) is 24.8 Å². The second-order valence-corrected chi connectivity index (χ2v) is 4.41. The van der Waals surface area contributed by atoms with E-state index in [1.54, 1.807) is 18.3 Å². The fourth-order valence-corrected chi connectivity index (χ4v) is 2.16. The molecule has 6 heteroatoms. The molecule has 1 amide bonds. The summed E-state index contributed by atoms with van der Waals surface area (Å²) in [5.74, 6) is -0.452. The van der Waals surface area contributed by atoms with Gasteiger partial charge in [-0.05, 0) is 24.3 Å². The molecule has 4 nitrogen and oxygen atoms in total. The van der Waals surface area contributed by atoms with Crippen LogP contribution in [-0.2, 0) is 0 Å². The van der Waals surface area contributed by atoms with Crippen LogP contribution in [0.25, 0.3) is 10.9 Å². The van der Waals surface area contributed by atoms with Gasteiger partial charge in [0, 0.05) is 17.3 Å². The Morgan fingerprint density at radius 2 is 1.59 bits per heavy atom. The van der Waals surface area contributed by atoms with Crippen LogP contribution in [0.1, 0.15) is 10.4 Å². The highest BCUT2D eigenvalue weighted by atomic mass is 35.5. The van der Waals surface area contributed by atoms with Gasteiger partial charge in [-0.3, -0.25) is 9.78 Å². The van der Waals surface area contributed by atoms with Crippen molar-refractivity contribution in [3.63, 3.8) is 0 Å². The standard InChI is InChI=1S/C16H13N3O.2ClH/c17-16(20)12-6-2-4-8-14(12)19-15-9-10-18-13-7-3-1-5-11(13)15;;/h1-10H,(H2,17,20)(H,18,19);2*1H. The Labute approximate surface area is 140 Å². The zero-order valence-electron chi connectivity index (χ0n) is 11.5. The average molecular weight is 336 g/mol. The molecular weight excluding hydrogens is 321 g/mol. The smallest absolute Gasteiger partial charge is 0.250 e. The van der Waals surface area contributed by atoms with Crippen molar-refractivity contribution in [2.24, 2.45) is 5.73 Å². The molecule has 1 aromatic heterocycles. The summed E-state index contributed by atoms with van der Waals surface area (Å²) in [5.41, 5.74) is 8.34. The molecule has 0 radical (unpaired) electrons. The van der Waals surface area contributed by atoms with Crippen molar-refractivity contribution in [3.05, 3.63) is 66.4 Å². The van der Waals surface area contributed by atoms with E-state index >= 15 is 0 Å². The summed E-state index contributed by atoms with van der Waals surface area (Å²) in [5, 5.41) is 4.25. The molecule has 0 bridgehead atoms. The first-order valence-electron chi connectivity index (χ1n) is 6.25. The minimum absolute atomic E-state index is 0. The SMILES string of the molecule is Cl.Cl.NC(=O)c1ccccc1Nc1ccnc2ccccc12. The topological polar surface area (TPSA) is 68.0 Å². The van der Waals surface area contributed by atoms with Crippen LogP contribution in [0.5, 0.6) is 0 Å². The van der Waals surface area contributed by atoms with Gasteiger partial charge < -0.3 is 11.1 Å². The number of fused-ring (bicyclic) bond motifs is 1. The third-order valence-corrected chi connectivity index (χ3v) is 3.11. The maximum absolute atomic E-state index is 11.4. The number of nitrogens with one attached hydrogen (secondary N) is 1. The Hall–Kier alpha value is -2.30. The highest BCUT2D eigenvalue weighted by Gasteiger charge is 2.08. The second kappa shape index (κ2) is 7.64. The number of carbonyl (C=O) groups is 1. The molecule has 0 aliphatic rings. The lowest BCUT2D eigenvalue weighted by molar-refractivity contribution is 0.100. The molecule has 0 aliphatic heterocycles. The van der Waals surface area contributed by atoms with Gasteiger partial charge in [0.15, 0.2) is 0 Å². The number of primary amides is 1. The van der Waals surface area contributed by atoms with Crippen LogP contribution >= 0.6 is 24.8 Å². The molecule has 0 spiro atoms. The van der Waals surface area contributed by atoms with E-state index in [0.29, 0.717) is 11.3 Å². The van der Waals surface area contributed by atoms with Crippen LogP contribution in [0, 0.1) is 0 Å². The zero-order valence-corrected chi connectivity index (χ0v) is 13.2. The Kier molecular flexibility index (Phi) is 6.16. The molecule has 0 aliphatic carbocycles. The highest BCUT2D eigenvalue weighted by molar-refractivity contribution is 6.01. The Morgan fingerprint density at radius 1 is 0.909 bits per heavy atom.